The van der Waals surface area contributed by atoms with E-state index in [4.69, 9.17) is 0 Å². The van der Waals surface area contributed by atoms with E-state index in [0.717, 1.165) is 22.4 Å². The fraction of sp³-hybridized carbons (Fsp3) is 0.464. The number of rotatable bonds is 4. The summed E-state index contributed by atoms with van der Waals surface area (Å²) in [5.41, 5.74) is 2.92. The molecular weight excluding hydrogens is 426 g/mol. The number of pyridine rings is 1. The van der Waals surface area contributed by atoms with Crippen molar-refractivity contribution >= 4 is 23.6 Å². The van der Waals surface area contributed by atoms with Gasteiger partial charge in [-0.3, -0.25) is 14.6 Å². The molecule has 1 aliphatic rings. The van der Waals surface area contributed by atoms with Gasteiger partial charge in [-0.25, -0.2) is 0 Å². The molecular formula is C28H37N3O3. The van der Waals surface area contributed by atoms with Crippen LogP contribution in [0.3, 0.4) is 0 Å². The Morgan fingerprint density at radius 2 is 1.53 bits per heavy atom. The molecule has 1 fully saturated rings. The third-order valence-corrected chi connectivity index (χ3v) is 6.29. The van der Waals surface area contributed by atoms with E-state index in [2.05, 4.69) is 51.8 Å². The summed E-state index contributed by atoms with van der Waals surface area (Å²) in [4.78, 5) is 31.1. The topological polar surface area (TPSA) is 82.5 Å². The molecule has 0 bridgehead atoms. The van der Waals surface area contributed by atoms with E-state index >= 15 is 0 Å². The maximum atomic E-state index is 12.9. The number of amides is 2. The van der Waals surface area contributed by atoms with E-state index in [1.165, 1.54) is 0 Å². The lowest BCUT2D eigenvalue weighted by Crippen LogP contribution is -2.40. The third-order valence-electron chi connectivity index (χ3n) is 6.29. The van der Waals surface area contributed by atoms with Gasteiger partial charge in [-0.15, -0.1) is 0 Å². The van der Waals surface area contributed by atoms with Gasteiger partial charge in [0.2, 0.25) is 11.8 Å². The number of benzene rings is 1. The number of aromatic hydroxyl groups is 1. The lowest BCUT2D eigenvalue weighted by Gasteiger charge is -2.30. The normalized spacial score (nSPS) is 15.5. The molecule has 0 atom stereocenters. The van der Waals surface area contributed by atoms with Crippen molar-refractivity contribution in [3.8, 4) is 5.75 Å². The van der Waals surface area contributed by atoms with Crippen molar-refractivity contribution in [1.29, 1.82) is 0 Å². The molecule has 1 aliphatic heterocycles. The molecule has 6 heteroatoms. The molecule has 0 saturated carbocycles. The predicted octanol–water partition coefficient (Wildman–Crippen LogP) is 5.27. The second kappa shape index (κ2) is 10.00. The summed E-state index contributed by atoms with van der Waals surface area (Å²) >= 11 is 0. The van der Waals surface area contributed by atoms with Crippen LogP contribution >= 0.6 is 0 Å². The number of phenolic OH excluding ortho intramolecular Hbond substituents is 1. The quantitative estimate of drug-likeness (QED) is 0.605. The van der Waals surface area contributed by atoms with Crippen molar-refractivity contribution < 1.29 is 14.7 Å². The van der Waals surface area contributed by atoms with Crippen LogP contribution < -0.4 is 5.32 Å². The number of phenols is 1. The minimum Gasteiger partial charge on any atom is -0.507 e. The monoisotopic (exact) mass is 463 g/mol. The molecule has 182 valence electrons. The summed E-state index contributed by atoms with van der Waals surface area (Å²) in [6.07, 6.45) is 7.99. The molecule has 0 unspecified atom stereocenters. The van der Waals surface area contributed by atoms with Crippen molar-refractivity contribution in [2.75, 3.05) is 18.4 Å². The molecule has 2 heterocycles. The van der Waals surface area contributed by atoms with Gasteiger partial charge in [0.25, 0.3) is 0 Å². The van der Waals surface area contributed by atoms with Gasteiger partial charge in [-0.1, -0.05) is 41.5 Å². The summed E-state index contributed by atoms with van der Waals surface area (Å²) < 4.78 is 0. The Morgan fingerprint density at radius 3 is 2.03 bits per heavy atom. The number of likely N-dealkylation sites (tertiary alicyclic amines) is 1. The van der Waals surface area contributed by atoms with Crippen molar-refractivity contribution in [3.05, 3.63) is 59.4 Å². The van der Waals surface area contributed by atoms with Gasteiger partial charge in [0.05, 0.1) is 0 Å². The fourth-order valence-electron chi connectivity index (χ4n) is 4.21. The average Bonchev–Trinajstić information content (AvgIpc) is 2.77. The van der Waals surface area contributed by atoms with E-state index in [-0.39, 0.29) is 28.6 Å². The molecule has 2 amide bonds. The Balaban J connectivity index is 1.67. The lowest BCUT2D eigenvalue weighted by molar-refractivity contribution is -0.130. The number of hydrogen-bond donors (Lipinski definition) is 2. The first-order chi connectivity index (χ1) is 15.9. The molecule has 1 aromatic carbocycles. The number of piperidine rings is 1. The minimum absolute atomic E-state index is 0.0117. The highest BCUT2D eigenvalue weighted by Gasteiger charge is 2.28. The highest BCUT2D eigenvalue weighted by Crippen LogP contribution is 2.40. The summed E-state index contributed by atoms with van der Waals surface area (Å²) in [7, 11) is 0. The molecule has 0 spiro atoms. The van der Waals surface area contributed by atoms with Gasteiger partial charge in [-0.2, -0.15) is 0 Å². The number of hydrogen-bond acceptors (Lipinski definition) is 4. The molecule has 1 saturated heterocycles. The first-order valence-electron chi connectivity index (χ1n) is 11.9. The van der Waals surface area contributed by atoms with Crippen molar-refractivity contribution in [2.24, 2.45) is 5.92 Å². The third kappa shape index (κ3) is 6.25. The summed E-state index contributed by atoms with van der Waals surface area (Å²) in [6, 6.07) is 7.45. The summed E-state index contributed by atoms with van der Waals surface area (Å²) in [5.74, 6) is 0.149. The molecule has 2 N–H and O–H groups in total. The molecule has 0 radical (unpaired) electrons. The number of nitrogens with one attached hydrogen (secondary N) is 1. The number of anilines is 1. The van der Waals surface area contributed by atoms with Gasteiger partial charge in [0, 0.05) is 54.3 Å². The van der Waals surface area contributed by atoms with Crippen LogP contribution in [0.25, 0.3) is 6.08 Å². The van der Waals surface area contributed by atoms with Crippen LogP contribution in [-0.2, 0) is 20.4 Å². The van der Waals surface area contributed by atoms with E-state index < -0.39 is 0 Å². The molecule has 6 nitrogen and oxygen atoms in total. The predicted molar refractivity (Wildman–Crippen MR) is 137 cm³/mol. The average molecular weight is 464 g/mol. The Labute approximate surface area is 203 Å². The Bertz CT molecular complexity index is 1020. The van der Waals surface area contributed by atoms with Crippen LogP contribution in [0.15, 0.2) is 42.7 Å². The van der Waals surface area contributed by atoms with Crippen molar-refractivity contribution in [2.45, 2.75) is 65.2 Å². The van der Waals surface area contributed by atoms with E-state index in [1.807, 2.05) is 18.2 Å². The first-order valence-corrected chi connectivity index (χ1v) is 11.9. The Morgan fingerprint density at radius 1 is 1.00 bits per heavy atom. The van der Waals surface area contributed by atoms with Crippen LogP contribution in [0.2, 0.25) is 0 Å². The van der Waals surface area contributed by atoms with Crippen LogP contribution in [0.4, 0.5) is 5.69 Å². The maximum absolute atomic E-state index is 12.9. The lowest BCUT2D eigenvalue weighted by atomic mass is 9.78. The number of carbonyl (C=O) groups excluding carboxylic acids is 2. The molecule has 1 aromatic heterocycles. The highest BCUT2D eigenvalue weighted by molar-refractivity contribution is 5.94. The summed E-state index contributed by atoms with van der Waals surface area (Å²) in [5, 5.41) is 13.8. The fourth-order valence-corrected chi connectivity index (χ4v) is 4.21. The second-order valence-electron chi connectivity index (χ2n) is 11.1. The van der Waals surface area contributed by atoms with Gasteiger partial charge in [0.15, 0.2) is 0 Å². The molecule has 0 aliphatic carbocycles. The molecule has 3 rings (SSSR count). The van der Waals surface area contributed by atoms with E-state index in [0.29, 0.717) is 31.7 Å². The highest BCUT2D eigenvalue weighted by atomic mass is 16.3. The van der Waals surface area contributed by atoms with Gasteiger partial charge in [-0.05, 0) is 59.6 Å². The zero-order valence-electron chi connectivity index (χ0n) is 21.2. The first kappa shape index (κ1) is 25.5. The molecule has 2 aromatic rings. The largest absolute Gasteiger partial charge is 0.507 e. The van der Waals surface area contributed by atoms with Crippen molar-refractivity contribution in [3.63, 3.8) is 0 Å². The van der Waals surface area contributed by atoms with Gasteiger partial charge in [0.1, 0.15) is 5.75 Å². The SMILES string of the molecule is CC(C)(C)c1cc(C=CC(=O)N2CCC(C(=O)Nc3ccncc3)CC2)cc(C(C)(C)C)c1O. The van der Waals surface area contributed by atoms with Crippen LogP contribution in [0.1, 0.15) is 71.1 Å². The standard InChI is InChI=1S/C28H37N3O3/c1-27(2,3)22-17-19(18-23(25(22)33)28(4,5)6)7-8-24(32)31-15-11-20(12-16-31)26(34)30-21-9-13-29-14-10-21/h7-10,13-14,17-18,20,33H,11-12,15-16H2,1-6H3,(H,29,30,34). The van der Waals surface area contributed by atoms with Crippen LogP contribution in [0, 0.1) is 5.92 Å². The Kier molecular flexibility index (Phi) is 7.49. The zero-order valence-corrected chi connectivity index (χ0v) is 21.2. The van der Waals surface area contributed by atoms with Gasteiger partial charge >= 0.3 is 0 Å². The number of aromatic nitrogens is 1. The minimum atomic E-state index is -0.226. The van der Waals surface area contributed by atoms with Gasteiger partial charge < -0.3 is 15.3 Å². The number of nitrogens with zero attached hydrogens (tertiary/aromatic N) is 2. The van der Waals surface area contributed by atoms with Crippen molar-refractivity contribution in [1.82, 2.24) is 9.88 Å². The maximum Gasteiger partial charge on any atom is 0.246 e. The van der Waals surface area contributed by atoms with Crippen LogP contribution in [0.5, 0.6) is 5.75 Å². The van der Waals surface area contributed by atoms with Crippen LogP contribution in [-0.4, -0.2) is 39.9 Å². The summed E-state index contributed by atoms with van der Waals surface area (Å²) in [6.45, 7) is 13.5. The molecule has 34 heavy (non-hydrogen) atoms. The zero-order chi connectivity index (χ0) is 25.1. The number of carbonyl (C=O) groups is 2. The van der Waals surface area contributed by atoms with E-state index in [9.17, 15) is 14.7 Å². The smallest absolute Gasteiger partial charge is 0.246 e. The second-order valence-corrected chi connectivity index (χ2v) is 11.1. The van der Waals surface area contributed by atoms with E-state index in [1.54, 1.807) is 35.5 Å². The Hall–Kier alpha value is -3.15.